The Labute approximate surface area is 171 Å². The van der Waals surface area contributed by atoms with Crippen molar-refractivity contribution in [3.05, 3.63) is 30.1 Å². The molecule has 1 aromatic carbocycles. The first-order chi connectivity index (χ1) is 11.9. The van der Waals surface area contributed by atoms with Gasteiger partial charge in [0.1, 0.15) is 5.82 Å². The molecule has 1 heterocycles. The van der Waals surface area contributed by atoms with Crippen molar-refractivity contribution >= 4 is 45.6 Å². The number of piperidine rings is 1. The highest BCUT2D eigenvalue weighted by Gasteiger charge is 2.21. The normalized spacial score (nSPS) is 18.2. The van der Waals surface area contributed by atoms with Crippen molar-refractivity contribution in [2.75, 3.05) is 44.4 Å². The summed E-state index contributed by atoms with van der Waals surface area (Å²) in [4.78, 5) is 6.32. The van der Waals surface area contributed by atoms with Gasteiger partial charge in [-0.25, -0.2) is 17.5 Å². The molecule has 7 nitrogen and oxygen atoms in total. The highest BCUT2D eigenvalue weighted by molar-refractivity contribution is 14.0. The van der Waals surface area contributed by atoms with Gasteiger partial charge in [-0.3, -0.25) is 4.99 Å². The lowest BCUT2D eigenvalue weighted by Crippen LogP contribution is -2.52. The largest absolute Gasteiger partial charge is 0.369 e. The van der Waals surface area contributed by atoms with Crippen molar-refractivity contribution in [3.63, 3.8) is 0 Å². The first kappa shape index (κ1) is 22.9. The van der Waals surface area contributed by atoms with Crippen molar-refractivity contribution < 1.29 is 12.8 Å². The van der Waals surface area contributed by atoms with E-state index in [0.29, 0.717) is 19.0 Å². The van der Waals surface area contributed by atoms with Gasteiger partial charge in [0.15, 0.2) is 5.96 Å². The van der Waals surface area contributed by atoms with Gasteiger partial charge < -0.3 is 15.5 Å². The van der Waals surface area contributed by atoms with Crippen LogP contribution in [0.5, 0.6) is 0 Å². The molecular formula is C16H27FIN5O2S. The topological polar surface area (TPSA) is 85.8 Å². The van der Waals surface area contributed by atoms with Crippen molar-refractivity contribution in [3.8, 4) is 0 Å². The number of benzene rings is 1. The molecule has 1 aliphatic heterocycles. The molecule has 3 N–H and O–H groups in total. The zero-order valence-electron chi connectivity index (χ0n) is 15.0. The van der Waals surface area contributed by atoms with Gasteiger partial charge >= 0.3 is 0 Å². The van der Waals surface area contributed by atoms with Gasteiger partial charge in [-0.1, -0.05) is 6.07 Å². The van der Waals surface area contributed by atoms with Gasteiger partial charge in [-0.15, -0.1) is 24.0 Å². The highest BCUT2D eigenvalue weighted by atomic mass is 127. The minimum Gasteiger partial charge on any atom is -0.369 e. The van der Waals surface area contributed by atoms with Crippen molar-refractivity contribution in [1.82, 2.24) is 15.4 Å². The fourth-order valence-corrected chi connectivity index (χ4v) is 3.28. The number of rotatable bonds is 6. The standard InChI is InChI=1S/C16H26FN5O2S.HI/c1-18-16(19-8-9-20-25(2,23)24)21-14-6-4-10-22(12-14)15-7-3-5-13(17)11-15;/h3,5,7,11,14,20H,4,6,8-10,12H2,1-2H3,(H2,18,19,21);1H. The van der Waals surface area contributed by atoms with E-state index in [4.69, 9.17) is 0 Å². The molecule has 148 valence electrons. The molecule has 26 heavy (non-hydrogen) atoms. The number of anilines is 1. The Morgan fingerprint density at radius 3 is 2.81 bits per heavy atom. The van der Waals surface area contributed by atoms with Crippen LogP contribution in [-0.4, -0.2) is 59.9 Å². The van der Waals surface area contributed by atoms with Crippen LogP contribution in [0.2, 0.25) is 0 Å². The van der Waals surface area contributed by atoms with Crippen molar-refractivity contribution in [2.45, 2.75) is 18.9 Å². The van der Waals surface area contributed by atoms with Gasteiger partial charge in [-0.2, -0.15) is 0 Å². The van der Waals surface area contributed by atoms with Crippen LogP contribution in [0.15, 0.2) is 29.3 Å². The Kier molecular flexibility index (Phi) is 9.58. The predicted molar refractivity (Wildman–Crippen MR) is 114 cm³/mol. The average molecular weight is 499 g/mol. The maximum Gasteiger partial charge on any atom is 0.208 e. The minimum absolute atomic E-state index is 0. The molecule has 0 radical (unpaired) electrons. The molecule has 2 rings (SSSR count). The summed E-state index contributed by atoms with van der Waals surface area (Å²) in [6, 6.07) is 6.81. The Balaban J connectivity index is 0.00000338. The number of sulfonamides is 1. The number of nitrogens with zero attached hydrogens (tertiary/aromatic N) is 2. The van der Waals surface area contributed by atoms with E-state index in [9.17, 15) is 12.8 Å². The average Bonchev–Trinajstić information content (AvgIpc) is 2.57. The molecule has 0 saturated carbocycles. The Morgan fingerprint density at radius 1 is 1.38 bits per heavy atom. The minimum atomic E-state index is -3.19. The molecule has 1 aromatic rings. The van der Waals surface area contributed by atoms with Gasteiger partial charge in [0.25, 0.3) is 0 Å². The van der Waals surface area contributed by atoms with Crippen LogP contribution in [0.1, 0.15) is 12.8 Å². The lowest BCUT2D eigenvalue weighted by molar-refractivity contribution is 0.467. The van der Waals surface area contributed by atoms with Crippen LogP contribution in [0.3, 0.4) is 0 Å². The summed E-state index contributed by atoms with van der Waals surface area (Å²) in [5.74, 6) is 0.393. The lowest BCUT2D eigenvalue weighted by atomic mass is 10.0. The monoisotopic (exact) mass is 499 g/mol. The third-order valence-corrected chi connectivity index (χ3v) is 4.67. The third-order valence-electron chi connectivity index (χ3n) is 3.94. The maximum atomic E-state index is 13.4. The fourth-order valence-electron chi connectivity index (χ4n) is 2.81. The molecule has 0 bridgehead atoms. The SMILES string of the molecule is CN=C(NCCNS(C)(=O)=O)NC1CCCN(c2cccc(F)c2)C1.I. The Bertz CT molecular complexity index is 702. The third kappa shape index (κ3) is 8.04. The van der Waals surface area contributed by atoms with E-state index in [2.05, 4.69) is 25.2 Å². The zero-order chi connectivity index (χ0) is 18.3. The Morgan fingerprint density at radius 2 is 2.15 bits per heavy atom. The first-order valence-electron chi connectivity index (χ1n) is 8.30. The van der Waals surface area contributed by atoms with E-state index in [1.54, 1.807) is 19.2 Å². The van der Waals surface area contributed by atoms with E-state index >= 15 is 0 Å². The molecule has 1 aliphatic rings. The predicted octanol–water partition coefficient (Wildman–Crippen LogP) is 1.13. The maximum absolute atomic E-state index is 13.4. The van der Waals surface area contributed by atoms with Crippen LogP contribution >= 0.6 is 24.0 Å². The highest BCUT2D eigenvalue weighted by Crippen LogP contribution is 2.20. The molecule has 1 atom stereocenters. The number of guanidine groups is 1. The summed E-state index contributed by atoms with van der Waals surface area (Å²) in [6.07, 6.45) is 3.12. The van der Waals surface area contributed by atoms with E-state index in [-0.39, 0.29) is 35.8 Å². The zero-order valence-corrected chi connectivity index (χ0v) is 18.2. The van der Waals surface area contributed by atoms with E-state index in [1.165, 1.54) is 6.07 Å². The quantitative estimate of drug-likeness (QED) is 0.237. The number of halogens is 2. The van der Waals surface area contributed by atoms with E-state index < -0.39 is 10.0 Å². The summed E-state index contributed by atoms with van der Waals surface area (Å²) in [6.45, 7) is 2.38. The summed E-state index contributed by atoms with van der Waals surface area (Å²) in [5.41, 5.74) is 0.881. The molecule has 0 spiro atoms. The van der Waals surface area contributed by atoms with Crippen molar-refractivity contribution in [2.24, 2.45) is 4.99 Å². The number of hydrogen-bond acceptors (Lipinski definition) is 4. The number of hydrogen-bond donors (Lipinski definition) is 3. The van der Waals surface area contributed by atoms with Gasteiger partial charge in [0, 0.05) is 45.0 Å². The molecule has 0 amide bonds. The summed E-state index contributed by atoms with van der Waals surface area (Å²) in [5, 5.41) is 6.43. The molecule has 0 aromatic heterocycles. The number of aliphatic imine (C=N–C) groups is 1. The lowest BCUT2D eigenvalue weighted by Gasteiger charge is -2.35. The van der Waals surface area contributed by atoms with E-state index in [1.807, 2.05) is 6.07 Å². The molecule has 1 saturated heterocycles. The second kappa shape index (κ2) is 10.9. The molecule has 1 fully saturated rings. The molecule has 0 aliphatic carbocycles. The van der Waals surface area contributed by atoms with E-state index in [0.717, 1.165) is 37.9 Å². The van der Waals surface area contributed by atoms with Crippen LogP contribution in [0.4, 0.5) is 10.1 Å². The molecule has 10 heteroatoms. The van der Waals surface area contributed by atoms with Crippen LogP contribution in [-0.2, 0) is 10.0 Å². The second-order valence-electron chi connectivity index (χ2n) is 6.07. The van der Waals surface area contributed by atoms with Crippen LogP contribution in [0, 0.1) is 5.82 Å². The molecule has 1 unspecified atom stereocenters. The van der Waals surface area contributed by atoms with Crippen LogP contribution < -0.4 is 20.3 Å². The first-order valence-corrected chi connectivity index (χ1v) is 10.2. The summed E-state index contributed by atoms with van der Waals surface area (Å²) < 4.78 is 37.9. The second-order valence-corrected chi connectivity index (χ2v) is 7.91. The summed E-state index contributed by atoms with van der Waals surface area (Å²) in [7, 11) is -1.51. The summed E-state index contributed by atoms with van der Waals surface area (Å²) >= 11 is 0. The van der Waals surface area contributed by atoms with Gasteiger partial charge in [0.05, 0.1) is 6.26 Å². The number of nitrogens with one attached hydrogen (secondary N) is 3. The Hall–Kier alpha value is -1.14. The molecular weight excluding hydrogens is 472 g/mol. The fraction of sp³-hybridized carbons (Fsp3) is 0.562. The van der Waals surface area contributed by atoms with Gasteiger partial charge in [0.2, 0.25) is 10.0 Å². The van der Waals surface area contributed by atoms with Gasteiger partial charge in [-0.05, 0) is 31.0 Å². The van der Waals surface area contributed by atoms with Crippen molar-refractivity contribution in [1.29, 1.82) is 0 Å². The van der Waals surface area contributed by atoms with Crippen LogP contribution in [0.25, 0.3) is 0 Å². The smallest absolute Gasteiger partial charge is 0.208 e.